The van der Waals surface area contributed by atoms with Crippen LogP contribution in [0.5, 0.6) is 0 Å². The van der Waals surface area contributed by atoms with E-state index in [1.165, 1.54) is 24.5 Å². The SMILES string of the molecule is CCSCCCN1CCN(C(C)(C)C#N)CC1. The van der Waals surface area contributed by atoms with Crippen molar-refractivity contribution in [3.05, 3.63) is 0 Å². The summed E-state index contributed by atoms with van der Waals surface area (Å²) in [7, 11) is 0. The standard InChI is InChI=1S/C13H25N3S/c1-4-17-11-5-6-15-7-9-16(10-8-15)13(2,3)12-14/h4-11H2,1-3H3. The lowest BCUT2D eigenvalue weighted by Gasteiger charge is -2.40. The molecular formula is C13H25N3S. The molecule has 0 aromatic rings. The fourth-order valence-electron chi connectivity index (χ4n) is 2.14. The van der Waals surface area contributed by atoms with Crippen molar-refractivity contribution in [2.75, 3.05) is 44.2 Å². The summed E-state index contributed by atoms with van der Waals surface area (Å²) in [6, 6.07) is 2.39. The summed E-state index contributed by atoms with van der Waals surface area (Å²) in [5.74, 6) is 2.50. The second-order valence-electron chi connectivity index (χ2n) is 5.05. The van der Waals surface area contributed by atoms with Crippen LogP contribution in [0.4, 0.5) is 0 Å². The minimum Gasteiger partial charge on any atom is -0.301 e. The molecule has 0 atom stereocenters. The van der Waals surface area contributed by atoms with Crippen LogP contribution in [0.3, 0.4) is 0 Å². The van der Waals surface area contributed by atoms with Gasteiger partial charge in [-0.3, -0.25) is 4.90 Å². The van der Waals surface area contributed by atoms with Crippen LogP contribution < -0.4 is 0 Å². The molecule has 1 rings (SSSR count). The van der Waals surface area contributed by atoms with Gasteiger partial charge in [0, 0.05) is 26.2 Å². The Hall–Kier alpha value is -0.240. The molecule has 1 heterocycles. The van der Waals surface area contributed by atoms with E-state index in [9.17, 15) is 0 Å². The molecule has 0 spiro atoms. The van der Waals surface area contributed by atoms with Gasteiger partial charge in [0.05, 0.1) is 6.07 Å². The fraction of sp³-hybridized carbons (Fsp3) is 0.923. The molecule has 0 radical (unpaired) electrons. The Balaban J connectivity index is 2.20. The van der Waals surface area contributed by atoms with Gasteiger partial charge < -0.3 is 4.90 Å². The molecule has 1 aliphatic rings. The fourth-order valence-corrected chi connectivity index (χ4v) is 2.76. The van der Waals surface area contributed by atoms with E-state index in [4.69, 9.17) is 5.26 Å². The number of rotatable bonds is 6. The van der Waals surface area contributed by atoms with Crippen molar-refractivity contribution in [2.24, 2.45) is 0 Å². The Morgan fingerprint density at radius 1 is 1.24 bits per heavy atom. The number of nitriles is 1. The summed E-state index contributed by atoms with van der Waals surface area (Å²) in [6.07, 6.45) is 1.29. The molecule has 1 fully saturated rings. The van der Waals surface area contributed by atoms with E-state index in [1.807, 2.05) is 25.6 Å². The normalized spacial score (nSPS) is 19.2. The number of piperazine rings is 1. The molecule has 3 nitrogen and oxygen atoms in total. The maximum atomic E-state index is 9.10. The van der Waals surface area contributed by atoms with Gasteiger partial charge in [-0.2, -0.15) is 17.0 Å². The highest BCUT2D eigenvalue weighted by Crippen LogP contribution is 2.16. The van der Waals surface area contributed by atoms with Crippen LogP contribution in [0.1, 0.15) is 27.2 Å². The molecule has 1 aliphatic heterocycles. The van der Waals surface area contributed by atoms with Crippen molar-refractivity contribution in [1.29, 1.82) is 5.26 Å². The van der Waals surface area contributed by atoms with Gasteiger partial charge in [0.2, 0.25) is 0 Å². The predicted octanol–water partition coefficient (Wildman–Crippen LogP) is 2.05. The maximum Gasteiger partial charge on any atom is 0.103 e. The second kappa shape index (κ2) is 7.25. The van der Waals surface area contributed by atoms with E-state index >= 15 is 0 Å². The summed E-state index contributed by atoms with van der Waals surface area (Å²) in [5, 5.41) is 9.10. The Bertz CT molecular complexity index is 252. The predicted molar refractivity (Wildman–Crippen MR) is 75.3 cm³/mol. The average molecular weight is 255 g/mol. The van der Waals surface area contributed by atoms with Gasteiger partial charge in [-0.25, -0.2) is 0 Å². The summed E-state index contributed by atoms with van der Waals surface area (Å²) >= 11 is 2.02. The largest absolute Gasteiger partial charge is 0.301 e. The van der Waals surface area contributed by atoms with Crippen LogP contribution >= 0.6 is 11.8 Å². The van der Waals surface area contributed by atoms with E-state index in [0.717, 1.165) is 26.2 Å². The average Bonchev–Trinajstić information content (AvgIpc) is 2.35. The zero-order valence-corrected chi connectivity index (χ0v) is 12.2. The van der Waals surface area contributed by atoms with Gasteiger partial charge in [0.15, 0.2) is 0 Å². The van der Waals surface area contributed by atoms with Crippen LogP contribution in [0, 0.1) is 11.3 Å². The van der Waals surface area contributed by atoms with Crippen LogP contribution in [0.25, 0.3) is 0 Å². The topological polar surface area (TPSA) is 30.3 Å². The van der Waals surface area contributed by atoms with Crippen molar-refractivity contribution >= 4 is 11.8 Å². The highest BCUT2D eigenvalue weighted by atomic mass is 32.2. The van der Waals surface area contributed by atoms with E-state index in [0.29, 0.717) is 0 Å². The smallest absolute Gasteiger partial charge is 0.103 e. The summed E-state index contributed by atoms with van der Waals surface area (Å²) in [4.78, 5) is 4.82. The van der Waals surface area contributed by atoms with E-state index in [2.05, 4.69) is 22.8 Å². The Kier molecular flexibility index (Phi) is 6.32. The minimum atomic E-state index is -0.301. The first-order chi connectivity index (χ1) is 8.10. The quantitative estimate of drug-likeness (QED) is 0.680. The van der Waals surface area contributed by atoms with Crippen molar-refractivity contribution < 1.29 is 0 Å². The van der Waals surface area contributed by atoms with Crippen LogP contribution in [0.2, 0.25) is 0 Å². The lowest BCUT2D eigenvalue weighted by atomic mass is 10.0. The molecular weight excluding hydrogens is 230 g/mol. The van der Waals surface area contributed by atoms with Crippen molar-refractivity contribution in [3.63, 3.8) is 0 Å². The first-order valence-corrected chi connectivity index (χ1v) is 7.72. The van der Waals surface area contributed by atoms with Crippen molar-refractivity contribution in [2.45, 2.75) is 32.7 Å². The van der Waals surface area contributed by atoms with Crippen LogP contribution in [-0.4, -0.2) is 59.6 Å². The van der Waals surface area contributed by atoms with Gasteiger partial charge >= 0.3 is 0 Å². The Labute approximate surface area is 110 Å². The highest BCUT2D eigenvalue weighted by Gasteiger charge is 2.29. The molecule has 0 N–H and O–H groups in total. The third-order valence-corrected chi connectivity index (χ3v) is 4.39. The van der Waals surface area contributed by atoms with E-state index in [-0.39, 0.29) is 5.54 Å². The van der Waals surface area contributed by atoms with Crippen molar-refractivity contribution in [3.8, 4) is 6.07 Å². The molecule has 0 aromatic carbocycles. The summed E-state index contributed by atoms with van der Waals surface area (Å²) < 4.78 is 0. The number of nitrogens with zero attached hydrogens (tertiary/aromatic N) is 3. The number of hydrogen-bond acceptors (Lipinski definition) is 4. The number of hydrogen-bond donors (Lipinski definition) is 0. The molecule has 4 heteroatoms. The minimum absolute atomic E-state index is 0.301. The van der Waals surface area contributed by atoms with E-state index < -0.39 is 0 Å². The van der Waals surface area contributed by atoms with Gasteiger partial charge in [-0.1, -0.05) is 6.92 Å². The molecule has 1 saturated heterocycles. The molecule has 0 amide bonds. The van der Waals surface area contributed by atoms with E-state index in [1.54, 1.807) is 0 Å². The third kappa shape index (κ3) is 4.87. The summed E-state index contributed by atoms with van der Waals surface area (Å²) in [5.41, 5.74) is -0.301. The molecule has 0 unspecified atom stereocenters. The highest BCUT2D eigenvalue weighted by molar-refractivity contribution is 7.99. The first kappa shape index (κ1) is 14.8. The molecule has 0 aromatic heterocycles. The van der Waals surface area contributed by atoms with Gasteiger partial charge in [0.1, 0.15) is 5.54 Å². The number of thioether (sulfide) groups is 1. The van der Waals surface area contributed by atoms with Gasteiger partial charge in [-0.15, -0.1) is 0 Å². The first-order valence-electron chi connectivity index (χ1n) is 6.56. The zero-order chi connectivity index (χ0) is 12.7. The van der Waals surface area contributed by atoms with Gasteiger partial charge in [0.25, 0.3) is 0 Å². The maximum absolute atomic E-state index is 9.10. The molecule has 0 aliphatic carbocycles. The third-order valence-electron chi connectivity index (χ3n) is 3.40. The monoisotopic (exact) mass is 255 g/mol. The molecule has 0 bridgehead atoms. The summed E-state index contributed by atoms with van der Waals surface area (Å²) in [6.45, 7) is 11.7. The Morgan fingerprint density at radius 2 is 1.88 bits per heavy atom. The lowest BCUT2D eigenvalue weighted by Crippen LogP contribution is -2.54. The molecule has 0 saturated carbocycles. The van der Waals surface area contributed by atoms with Crippen molar-refractivity contribution in [1.82, 2.24) is 9.80 Å². The lowest BCUT2D eigenvalue weighted by molar-refractivity contribution is 0.0804. The van der Waals surface area contributed by atoms with Crippen LogP contribution in [-0.2, 0) is 0 Å². The van der Waals surface area contributed by atoms with Crippen LogP contribution in [0.15, 0.2) is 0 Å². The molecule has 17 heavy (non-hydrogen) atoms. The second-order valence-corrected chi connectivity index (χ2v) is 6.44. The van der Waals surface area contributed by atoms with Gasteiger partial charge in [-0.05, 0) is 38.3 Å². The Morgan fingerprint density at radius 3 is 2.41 bits per heavy atom. The molecule has 98 valence electrons. The zero-order valence-electron chi connectivity index (χ0n) is 11.4.